The number of H-pyrrole nitrogens is 1. The molecule has 0 spiro atoms. The Labute approximate surface area is 124 Å². The predicted molar refractivity (Wildman–Crippen MR) is 76.4 cm³/mol. The zero-order valence-electron chi connectivity index (χ0n) is 11.5. The summed E-state index contributed by atoms with van der Waals surface area (Å²) in [5.41, 5.74) is 1.20. The fourth-order valence-corrected chi connectivity index (χ4v) is 2.23. The summed E-state index contributed by atoms with van der Waals surface area (Å²) in [6.45, 7) is 0.568. The van der Waals surface area contributed by atoms with E-state index in [0.29, 0.717) is 36.7 Å². The van der Waals surface area contributed by atoms with Gasteiger partial charge in [-0.05, 0) is 24.6 Å². The number of aromatic nitrogens is 2. The van der Waals surface area contributed by atoms with E-state index in [9.17, 15) is 9.59 Å². The first-order chi connectivity index (χ1) is 10.6. The summed E-state index contributed by atoms with van der Waals surface area (Å²) in [6, 6.07) is 5.00. The molecule has 9 nitrogen and oxygen atoms in total. The average molecular weight is 306 g/mol. The Morgan fingerprint density at radius 1 is 1.50 bits per heavy atom. The summed E-state index contributed by atoms with van der Waals surface area (Å²) in [6.07, 6.45) is -0.0862. The minimum atomic E-state index is -1.12. The first-order valence-corrected chi connectivity index (χ1v) is 6.69. The van der Waals surface area contributed by atoms with E-state index in [0.717, 1.165) is 5.69 Å². The summed E-state index contributed by atoms with van der Waals surface area (Å²) in [5.74, 6) is 0.428. The molecule has 1 aromatic heterocycles. The number of nitrogens with one attached hydrogen (secondary N) is 3. The van der Waals surface area contributed by atoms with Crippen molar-refractivity contribution in [2.75, 3.05) is 17.2 Å². The highest BCUT2D eigenvalue weighted by Gasteiger charge is 2.20. The van der Waals surface area contributed by atoms with Gasteiger partial charge in [0.15, 0.2) is 0 Å². The number of aryl methyl sites for hydroxylation is 1. The third-order valence-corrected chi connectivity index (χ3v) is 3.21. The van der Waals surface area contributed by atoms with Crippen LogP contribution in [0.25, 0.3) is 0 Å². The number of anilines is 2. The van der Waals surface area contributed by atoms with Crippen molar-refractivity contribution in [1.82, 2.24) is 10.2 Å². The minimum Gasteiger partial charge on any atom is -0.486 e. The Balaban J connectivity index is 1.61. The van der Waals surface area contributed by atoms with Crippen molar-refractivity contribution < 1.29 is 19.1 Å². The molecule has 4 N–H and O–H groups in total. The minimum absolute atomic E-state index is 0.0900. The first-order valence-electron chi connectivity index (χ1n) is 6.69. The van der Waals surface area contributed by atoms with E-state index in [2.05, 4.69) is 20.8 Å². The molecule has 2 aromatic rings. The van der Waals surface area contributed by atoms with Crippen molar-refractivity contribution in [2.24, 2.45) is 0 Å². The summed E-state index contributed by atoms with van der Waals surface area (Å²) < 4.78 is 10.7. The molecule has 0 fully saturated rings. The van der Waals surface area contributed by atoms with Gasteiger partial charge < -0.3 is 19.6 Å². The summed E-state index contributed by atoms with van der Waals surface area (Å²) in [4.78, 5) is 21.4. The van der Waals surface area contributed by atoms with Crippen LogP contribution < -0.4 is 21.1 Å². The number of carboxylic acid groups (broad SMARTS) is 1. The van der Waals surface area contributed by atoms with Crippen molar-refractivity contribution in [3.63, 3.8) is 0 Å². The molecule has 116 valence electrons. The molecule has 1 aliphatic rings. The number of amides is 1. The van der Waals surface area contributed by atoms with Crippen LogP contribution in [-0.4, -0.2) is 34.0 Å². The molecule has 0 aliphatic carbocycles. The molecule has 0 saturated heterocycles. The van der Waals surface area contributed by atoms with Crippen LogP contribution in [0, 0.1) is 0 Å². The Bertz CT molecular complexity index is 738. The highest BCUT2D eigenvalue weighted by molar-refractivity contribution is 5.84. The van der Waals surface area contributed by atoms with Gasteiger partial charge in [0, 0.05) is 12.1 Å². The van der Waals surface area contributed by atoms with Gasteiger partial charge in [-0.3, -0.25) is 5.32 Å². The largest absolute Gasteiger partial charge is 0.486 e. The van der Waals surface area contributed by atoms with Crippen LogP contribution in [0.15, 0.2) is 27.4 Å². The van der Waals surface area contributed by atoms with Gasteiger partial charge in [-0.2, -0.15) is 0 Å². The van der Waals surface area contributed by atoms with E-state index in [-0.39, 0.29) is 6.10 Å². The maximum Gasteiger partial charge on any atom is 0.434 e. The average Bonchev–Trinajstić information content (AvgIpc) is 2.90. The van der Waals surface area contributed by atoms with Crippen LogP contribution >= 0.6 is 0 Å². The second kappa shape index (κ2) is 5.80. The van der Waals surface area contributed by atoms with Crippen molar-refractivity contribution in [3.05, 3.63) is 34.6 Å². The molecule has 1 aromatic carbocycles. The van der Waals surface area contributed by atoms with Crippen molar-refractivity contribution in [2.45, 2.75) is 18.9 Å². The molecule has 9 heteroatoms. The summed E-state index contributed by atoms with van der Waals surface area (Å²) >= 11 is 0. The van der Waals surface area contributed by atoms with Gasteiger partial charge in [0.05, 0.1) is 12.2 Å². The molecule has 3 rings (SSSR count). The Hall–Kier alpha value is -2.97. The number of ether oxygens (including phenoxy) is 1. The predicted octanol–water partition coefficient (Wildman–Crippen LogP) is 1.26. The van der Waals surface area contributed by atoms with Crippen molar-refractivity contribution in [1.29, 1.82) is 0 Å². The highest BCUT2D eigenvalue weighted by Crippen LogP contribution is 2.32. The fraction of sp³-hybridized carbons (Fsp3) is 0.308. The van der Waals surface area contributed by atoms with Crippen LogP contribution in [-0.2, 0) is 6.42 Å². The molecule has 0 saturated carbocycles. The van der Waals surface area contributed by atoms with Gasteiger partial charge in [-0.15, -0.1) is 5.10 Å². The first kappa shape index (κ1) is 14.0. The lowest BCUT2D eigenvalue weighted by molar-refractivity contribution is 0.192. The molecule has 2 heterocycles. The molecule has 22 heavy (non-hydrogen) atoms. The number of hydrogen-bond acceptors (Lipinski definition) is 6. The van der Waals surface area contributed by atoms with Gasteiger partial charge >= 0.3 is 11.8 Å². The number of fused-ring (bicyclic) bond motifs is 1. The summed E-state index contributed by atoms with van der Waals surface area (Å²) in [5, 5.41) is 20.1. The van der Waals surface area contributed by atoms with Gasteiger partial charge in [0.25, 0.3) is 0 Å². The lowest BCUT2D eigenvalue weighted by Crippen LogP contribution is -2.31. The Morgan fingerprint density at radius 3 is 3.09 bits per heavy atom. The zero-order chi connectivity index (χ0) is 15.5. The standard InChI is InChI=1S/C13H14N4O5/c18-12(19)15-7-1-3-10-9(5-7)14-6-8(21-10)2-4-11-16-17-13(20)22-11/h1,3,5,8,14-15H,2,4,6H2,(H,17,20)(H,18,19). The van der Waals surface area contributed by atoms with Crippen LogP contribution in [0.5, 0.6) is 5.75 Å². The Kier molecular flexibility index (Phi) is 3.69. The van der Waals surface area contributed by atoms with E-state index >= 15 is 0 Å². The zero-order valence-corrected chi connectivity index (χ0v) is 11.5. The normalized spacial score (nSPS) is 16.3. The van der Waals surface area contributed by atoms with Crippen LogP contribution in [0.3, 0.4) is 0 Å². The van der Waals surface area contributed by atoms with Gasteiger partial charge in [0.2, 0.25) is 5.89 Å². The lowest BCUT2D eigenvalue weighted by Gasteiger charge is -2.27. The number of rotatable bonds is 4. The maximum absolute atomic E-state index is 10.8. The quantitative estimate of drug-likeness (QED) is 0.669. The molecule has 1 aliphatic heterocycles. The van der Waals surface area contributed by atoms with E-state index in [4.69, 9.17) is 14.3 Å². The SMILES string of the molecule is O=C(O)Nc1ccc2c(c1)NCC(CCc1n[nH]c(=O)o1)O2. The molecule has 1 unspecified atom stereocenters. The second-order valence-corrected chi connectivity index (χ2v) is 4.81. The molecular weight excluding hydrogens is 292 g/mol. The van der Waals surface area contributed by atoms with Gasteiger partial charge in [-0.25, -0.2) is 14.7 Å². The topological polar surface area (TPSA) is 129 Å². The molecule has 1 atom stereocenters. The third kappa shape index (κ3) is 3.19. The number of carbonyl (C=O) groups is 1. The van der Waals surface area contributed by atoms with Crippen LogP contribution in [0.2, 0.25) is 0 Å². The van der Waals surface area contributed by atoms with Crippen LogP contribution in [0.1, 0.15) is 12.3 Å². The maximum atomic E-state index is 10.8. The van der Waals surface area contributed by atoms with Crippen molar-refractivity contribution >= 4 is 17.5 Å². The monoisotopic (exact) mass is 306 g/mol. The van der Waals surface area contributed by atoms with Gasteiger partial charge in [0.1, 0.15) is 11.9 Å². The highest BCUT2D eigenvalue weighted by atomic mass is 16.5. The number of benzene rings is 1. The van der Waals surface area contributed by atoms with Crippen LogP contribution in [0.4, 0.5) is 16.2 Å². The van der Waals surface area contributed by atoms with E-state index in [1.54, 1.807) is 18.2 Å². The lowest BCUT2D eigenvalue weighted by atomic mass is 10.1. The van der Waals surface area contributed by atoms with E-state index in [1.807, 2.05) is 0 Å². The number of hydrogen-bond donors (Lipinski definition) is 4. The van der Waals surface area contributed by atoms with Gasteiger partial charge in [-0.1, -0.05) is 0 Å². The van der Waals surface area contributed by atoms with Crippen molar-refractivity contribution in [3.8, 4) is 5.75 Å². The second-order valence-electron chi connectivity index (χ2n) is 4.81. The Morgan fingerprint density at radius 2 is 2.36 bits per heavy atom. The smallest absolute Gasteiger partial charge is 0.434 e. The summed E-state index contributed by atoms with van der Waals surface area (Å²) in [7, 11) is 0. The number of aromatic amines is 1. The number of nitrogens with zero attached hydrogens (tertiary/aromatic N) is 1. The molecule has 1 amide bonds. The van der Waals surface area contributed by atoms with E-state index < -0.39 is 11.8 Å². The third-order valence-electron chi connectivity index (χ3n) is 3.21. The van der Waals surface area contributed by atoms with E-state index in [1.165, 1.54) is 0 Å². The molecule has 0 bridgehead atoms. The molecule has 0 radical (unpaired) electrons. The fourth-order valence-electron chi connectivity index (χ4n) is 2.23. The molecular formula is C13H14N4O5.